The van der Waals surface area contributed by atoms with Gasteiger partial charge < -0.3 is 5.73 Å². The molecule has 2 heterocycles. The van der Waals surface area contributed by atoms with E-state index < -0.39 is 0 Å². The van der Waals surface area contributed by atoms with E-state index in [4.69, 9.17) is 5.73 Å². The molecule has 0 fully saturated rings. The third-order valence-corrected chi connectivity index (χ3v) is 3.50. The molecule has 1 unspecified atom stereocenters. The van der Waals surface area contributed by atoms with Gasteiger partial charge in [0.05, 0.1) is 0 Å². The lowest BCUT2D eigenvalue weighted by Crippen LogP contribution is -2.23. The topological polar surface area (TPSA) is 38.9 Å². The normalized spacial score (nSPS) is 12.6. The van der Waals surface area contributed by atoms with Crippen molar-refractivity contribution in [3.63, 3.8) is 0 Å². The van der Waals surface area contributed by atoms with Crippen LogP contribution in [0.3, 0.4) is 0 Å². The summed E-state index contributed by atoms with van der Waals surface area (Å²) < 4.78 is 0. The first kappa shape index (κ1) is 11.3. The summed E-state index contributed by atoms with van der Waals surface area (Å²) in [5.41, 5.74) is 7.32. The molecule has 2 N–H and O–H groups in total. The van der Waals surface area contributed by atoms with Crippen molar-refractivity contribution in [1.82, 2.24) is 4.98 Å². The Kier molecular flexibility index (Phi) is 4.08. The minimum atomic E-state index is 0.228. The smallest absolute Gasteiger partial charge is 0.0300 e. The fraction of sp³-hybridized carbons (Fsp3) is 0.308. The number of pyridine rings is 1. The average Bonchev–Trinajstić information content (AvgIpc) is 2.81. The number of nitrogens with two attached hydrogens (primary N) is 1. The maximum Gasteiger partial charge on any atom is 0.0300 e. The van der Waals surface area contributed by atoms with Gasteiger partial charge >= 0.3 is 0 Å². The van der Waals surface area contributed by atoms with Gasteiger partial charge in [-0.05, 0) is 42.3 Å². The largest absolute Gasteiger partial charge is 0.327 e. The summed E-state index contributed by atoms with van der Waals surface area (Å²) in [6.45, 7) is 0. The molecule has 0 aliphatic carbocycles. The molecule has 0 aliphatic rings. The van der Waals surface area contributed by atoms with E-state index in [2.05, 4.69) is 28.6 Å². The molecule has 16 heavy (non-hydrogen) atoms. The Bertz CT molecular complexity index is 397. The Morgan fingerprint density at radius 3 is 2.94 bits per heavy atom. The quantitative estimate of drug-likeness (QED) is 0.860. The van der Waals surface area contributed by atoms with E-state index in [9.17, 15) is 0 Å². The van der Waals surface area contributed by atoms with Crippen LogP contribution in [-0.4, -0.2) is 11.0 Å². The molecule has 0 aromatic carbocycles. The van der Waals surface area contributed by atoms with Gasteiger partial charge in [0.15, 0.2) is 0 Å². The standard InChI is InChI=1S/C13H16N2S/c14-12(5-6-13-4-2-8-16-13)9-11-3-1-7-15-10-11/h1-4,7-8,10,12H,5-6,9,14H2. The summed E-state index contributed by atoms with van der Waals surface area (Å²) in [4.78, 5) is 5.51. The van der Waals surface area contributed by atoms with Crippen LogP contribution in [0.5, 0.6) is 0 Å². The number of aromatic nitrogens is 1. The molecule has 2 aromatic rings. The van der Waals surface area contributed by atoms with Crippen molar-refractivity contribution in [2.24, 2.45) is 5.73 Å². The minimum Gasteiger partial charge on any atom is -0.327 e. The lowest BCUT2D eigenvalue weighted by atomic mass is 10.0. The molecule has 84 valence electrons. The zero-order chi connectivity index (χ0) is 11.2. The lowest BCUT2D eigenvalue weighted by molar-refractivity contribution is 0.612. The zero-order valence-electron chi connectivity index (χ0n) is 9.17. The molecule has 0 spiro atoms. The lowest BCUT2D eigenvalue weighted by Gasteiger charge is -2.10. The Balaban J connectivity index is 1.78. The van der Waals surface area contributed by atoms with Gasteiger partial charge in [-0.2, -0.15) is 0 Å². The minimum absolute atomic E-state index is 0.228. The van der Waals surface area contributed by atoms with E-state index in [1.807, 2.05) is 12.3 Å². The first-order valence-electron chi connectivity index (χ1n) is 5.51. The van der Waals surface area contributed by atoms with Crippen molar-refractivity contribution in [3.05, 3.63) is 52.5 Å². The third kappa shape index (κ3) is 3.43. The van der Waals surface area contributed by atoms with E-state index in [1.54, 1.807) is 17.5 Å². The van der Waals surface area contributed by atoms with Crippen LogP contribution in [-0.2, 0) is 12.8 Å². The second kappa shape index (κ2) is 5.77. The number of aryl methyl sites for hydroxylation is 1. The number of hydrogen-bond acceptors (Lipinski definition) is 3. The summed E-state index contributed by atoms with van der Waals surface area (Å²) in [7, 11) is 0. The summed E-state index contributed by atoms with van der Waals surface area (Å²) in [6.07, 6.45) is 6.72. The highest BCUT2D eigenvalue weighted by molar-refractivity contribution is 7.09. The van der Waals surface area contributed by atoms with E-state index in [0.717, 1.165) is 19.3 Å². The molecule has 2 aromatic heterocycles. The van der Waals surface area contributed by atoms with Crippen LogP contribution in [0.4, 0.5) is 0 Å². The Labute approximate surface area is 100 Å². The summed E-state index contributed by atoms with van der Waals surface area (Å²) >= 11 is 1.80. The van der Waals surface area contributed by atoms with E-state index >= 15 is 0 Å². The zero-order valence-corrected chi connectivity index (χ0v) is 9.99. The van der Waals surface area contributed by atoms with Crippen LogP contribution in [0.2, 0.25) is 0 Å². The van der Waals surface area contributed by atoms with Crippen molar-refractivity contribution in [2.45, 2.75) is 25.3 Å². The van der Waals surface area contributed by atoms with Crippen molar-refractivity contribution in [2.75, 3.05) is 0 Å². The van der Waals surface area contributed by atoms with Gasteiger partial charge in [-0.1, -0.05) is 12.1 Å². The number of hydrogen-bond donors (Lipinski definition) is 1. The molecule has 0 bridgehead atoms. The maximum absolute atomic E-state index is 6.10. The van der Waals surface area contributed by atoms with Crippen LogP contribution in [0, 0.1) is 0 Å². The van der Waals surface area contributed by atoms with Crippen molar-refractivity contribution in [1.29, 1.82) is 0 Å². The Hall–Kier alpha value is -1.19. The molecule has 0 saturated carbocycles. The predicted octanol–water partition coefficient (Wildman–Crippen LogP) is 2.65. The van der Waals surface area contributed by atoms with E-state index in [0.29, 0.717) is 0 Å². The monoisotopic (exact) mass is 232 g/mol. The maximum atomic E-state index is 6.10. The summed E-state index contributed by atoms with van der Waals surface area (Å²) in [5.74, 6) is 0. The summed E-state index contributed by atoms with van der Waals surface area (Å²) in [5, 5.41) is 2.11. The number of thiophene rings is 1. The first-order valence-corrected chi connectivity index (χ1v) is 6.39. The second-order valence-electron chi connectivity index (χ2n) is 3.94. The first-order chi connectivity index (χ1) is 7.84. The van der Waals surface area contributed by atoms with Crippen molar-refractivity contribution in [3.8, 4) is 0 Å². The van der Waals surface area contributed by atoms with Gasteiger partial charge in [0.2, 0.25) is 0 Å². The molecule has 0 amide bonds. The van der Waals surface area contributed by atoms with Crippen molar-refractivity contribution >= 4 is 11.3 Å². The third-order valence-electron chi connectivity index (χ3n) is 2.56. The van der Waals surface area contributed by atoms with Crippen LogP contribution < -0.4 is 5.73 Å². The fourth-order valence-corrected chi connectivity index (χ4v) is 2.43. The van der Waals surface area contributed by atoms with Gasteiger partial charge in [-0.3, -0.25) is 4.98 Å². The van der Waals surface area contributed by atoms with Crippen molar-refractivity contribution < 1.29 is 0 Å². The highest BCUT2D eigenvalue weighted by atomic mass is 32.1. The second-order valence-corrected chi connectivity index (χ2v) is 4.98. The average molecular weight is 232 g/mol. The van der Waals surface area contributed by atoms with Gasteiger partial charge in [0, 0.05) is 23.3 Å². The summed E-state index contributed by atoms with van der Waals surface area (Å²) in [6, 6.07) is 8.53. The van der Waals surface area contributed by atoms with Gasteiger partial charge in [-0.25, -0.2) is 0 Å². The molecular formula is C13H16N2S. The predicted molar refractivity (Wildman–Crippen MR) is 68.6 cm³/mol. The molecule has 0 saturated heterocycles. The van der Waals surface area contributed by atoms with Crippen LogP contribution in [0.25, 0.3) is 0 Å². The molecule has 2 rings (SSSR count). The molecule has 2 nitrogen and oxygen atoms in total. The SMILES string of the molecule is NC(CCc1cccs1)Cc1cccnc1. The molecule has 1 atom stereocenters. The van der Waals surface area contributed by atoms with E-state index in [-0.39, 0.29) is 6.04 Å². The van der Waals surface area contributed by atoms with Gasteiger partial charge in [-0.15, -0.1) is 11.3 Å². The van der Waals surface area contributed by atoms with Crippen LogP contribution in [0.1, 0.15) is 16.9 Å². The van der Waals surface area contributed by atoms with Crippen LogP contribution in [0.15, 0.2) is 42.0 Å². The van der Waals surface area contributed by atoms with E-state index in [1.165, 1.54) is 10.4 Å². The fourth-order valence-electron chi connectivity index (χ4n) is 1.71. The molecular weight excluding hydrogens is 216 g/mol. The number of rotatable bonds is 5. The van der Waals surface area contributed by atoms with Crippen LogP contribution >= 0.6 is 11.3 Å². The Morgan fingerprint density at radius 1 is 1.31 bits per heavy atom. The highest BCUT2D eigenvalue weighted by Crippen LogP contribution is 2.13. The molecule has 3 heteroatoms. The molecule has 0 aliphatic heterocycles. The van der Waals surface area contributed by atoms with Gasteiger partial charge in [0.1, 0.15) is 0 Å². The van der Waals surface area contributed by atoms with Gasteiger partial charge in [0.25, 0.3) is 0 Å². The highest BCUT2D eigenvalue weighted by Gasteiger charge is 2.05. The number of nitrogens with zero attached hydrogens (tertiary/aromatic N) is 1. The Morgan fingerprint density at radius 2 is 2.25 bits per heavy atom. The molecule has 0 radical (unpaired) electrons.